The lowest BCUT2D eigenvalue weighted by atomic mass is 9.91. The molecular weight excluding hydrogens is 364 g/mol. The van der Waals surface area contributed by atoms with Crippen molar-refractivity contribution in [3.8, 4) is 0 Å². The van der Waals surface area contributed by atoms with Gasteiger partial charge in [-0.1, -0.05) is 78.1 Å². The van der Waals surface area contributed by atoms with Crippen LogP contribution in [-0.2, 0) is 19.1 Å². The molecule has 0 aliphatic rings. The molecular formula is C21H38O7. The van der Waals surface area contributed by atoms with E-state index in [1.54, 1.807) is 0 Å². The summed E-state index contributed by atoms with van der Waals surface area (Å²) in [5, 5.41) is 27.4. The molecule has 0 fully saturated rings. The van der Waals surface area contributed by atoms with Gasteiger partial charge in [0.25, 0.3) is 0 Å². The Hall–Kier alpha value is -1.63. The summed E-state index contributed by atoms with van der Waals surface area (Å²) in [6.07, 6.45) is 10.8. The number of esters is 1. The number of aliphatic hydroxyl groups is 1. The minimum atomic E-state index is -2.63. The summed E-state index contributed by atoms with van der Waals surface area (Å²) in [6, 6.07) is 0. The van der Waals surface area contributed by atoms with E-state index >= 15 is 0 Å². The molecule has 1 unspecified atom stereocenters. The van der Waals surface area contributed by atoms with Crippen LogP contribution in [0.1, 0.15) is 97.3 Å². The van der Waals surface area contributed by atoms with Gasteiger partial charge in [-0.05, 0) is 12.3 Å². The van der Waals surface area contributed by atoms with E-state index in [9.17, 15) is 19.5 Å². The van der Waals surface area contributed by atoms with E-state index in [0.717, 1.165) is 25.2 Å². The van der Waals surface area contributed by atoms with Crippen LogP contribution < -0.4 is 0 Å². The molecule has 0 radical (unpaired) electrons. The zero-order chi connectivity index (χ0) is 21.4. The SMILES string of the molecule is CCCCC(CCCC)CCCCCCOC(=O)CC(O)(CC(=O)O)C(=O)O. The average Bonchev–Trinajstić information content (AvgIpc) is 2.61. The highest BCUT2D eigenvalue weighted by atomic mass is 16.5. The number of carboxylic acids is 2. The molecule has 0 saturated carbocycles. The first-order valence-electron chi connectivity index (χ1n) is 10.6. The highest BCUT2D eigenvalue weighted by molar-refractivity contribution is 5.88. The average molecular weight is 403 g/mol. The first-order chi connectivity index (χ1) is 13.2. The van der Waals surface area contributed by atoms with Crippen LogP contribution in [0.25, 0.3) is 0 Å². The molecule has 0 saturated heterocycles. The lowest BCUT2D eigenvalue weighted by Crippen LogP contribution is -2.43. The third-order valence-corrected chi connectivity index (χ3v) is 4.98. The summed E-state index contributed by atoms with van der Waals surface area (Å²) in [4.78, 5) is 33.3. The summed E-state index contributed by atoms with van der Waals surface area (Å²) >= 11 is 0. The quantitative estimate of drug-likeness (QED) is 0.232. The Balaban J connectivity index is 3.98. The van der Waals surface area contributed by atoms with Crippen LogP contribution in [0.4, 0.5) is 0 Å². The molecule has 7 heteroatoms. The number of carbonyl (C=O) groups excluding carboxylic acids is 1. The molecule has 7 nitrogen and oxygen atoms in total. The van der Waals surface area contributed by atoms with Crippen molar-refractivity contribution in [2.45, 2.75) is 103 Å². The Kier molecular flexibility index (Phi) is 14.4. The Bertz CT molecular complexity index is 456. The van der Waals surface area contributed by atoms with Gasteiger partial charge in [0.2, 0.25) is 0 Å². The van der Waals surface area contributed by atoms with E-state index in [0.29, 0.717) is 6.42 Å². The van der Waals surface area contributed by atoms with Crippen LogP contribution in [-0.4, -0.2) is 45.4 Å². The second-order valence-corrected chi connectivity index (χ2v) is 7.66. The highest BCUT2D eigenvalue weighted by Crippen LogP contribution is 2.23. The van der Waals surface area contributed by atoms with Gasteiger partial charge in [0.15, 0.2) is 5.60 Å². The van der Waals surface area contributed by atoms with E-state index in [-0.39, 0.29) is 6.61 Å². The van der Waals surface area contributed by atoms with E-state index in [1.807, 2.05) is 0 Å². The van der Waals surface area contributed by atoms with E-state index < -0.39 is 36.4 Å². The summed E-state index contributed by atoms with van der Waals surface area (Å²) < 4.78 is 4.95. The summed E-state index contributed by atoms with van der Waals surface area (Å²) in [5.41, 5.74) is -2.63. The minimum absolute atomic E-state index is 0.150. The highest BCUT2D eigenvalue weighted by Gasteiger charge is 2.41. The maximum atomic E-state index is 11.7. The number of aliphatic carboxylic acids is 2. The molecule has 0 aromatic heterocycles. The number of carbonyl (C=O) groups is 3. The Morgan fingerprint density at radius 2 is 1.36 bits per heavy atom. The van der Waals surface area contributed by atoms with Crippen LogP contribution in [0.2, 0.25) is 0 Å². The lowest BCUT2D eigenvalue weighted by molar-refractivity contribution is -0.172. The van der Waals surface area contributed by atoms with Crippen LogP contribution in [0.5, 0.6) is 0 Å². The molecule has 0 aromatic carbocycles. The van der Waals surface area contributed by atoms with Gasteiger partial charge >= 0.3 is 17.9 Å². The summed E-state index contributed by atoms with van der Waals surface area (Å²) in [7, 11) is 0. The van der Waals surface area contributed by atoms with Crippen LogP contribution in [0.3, 0.4) is 0 Å². The van der Waals surface area contributed by atoms with Gasteiger partial charge in [-0.15, -0.1) is 0 Å². The molecule has 0 rings (SSSR count). The van der Waals surface area contributed by atoms with Crippen molar-refractivity contribution < 1.29 is 34.4 Å². The predicted octanol–water partition coefficient (Wildman–Crippen LogP) is 4.16. The van der Waals surface area contributed by atoms with Crippen LogP contribution >= 0.6 is 0 Å². The maximum Gasteiger partial charge on any atom is 0.336 e. The van der Waals surface area contributed by atoms with Crippen molar-refractivity contribution in [2.75, 3.05) is 6.61 Å². The van der Waals surface area contributed by atoms with Crippen molar-refractivity contribution in [3.05, 3.63) is 0 Å². The van der Waals surface area contributed by atoms with Gasteiger partial charge in [-0.25, -0.2) is 4.79 Å². The van der Waals surface area contributed by atoms with Crippen molar-refractivity contribution in [1.82, 2.24) is 0 Å². The zero-order valence-electron chi connectivity index (χ0n) is 17.5. The topological polar surface area (TPSA) is 121 Å². The van der Waals surface area contributed by atoms with Gasteiger partial charge < -0.3 is 20.1 Å². The lowest BCUT2D eigenvalue weighted by Gasteiger charge is -2.20. The number of carboxylic acid groups (broad SMARTS) is 2. The molecule has 0 aliphatic heterocycles. The number of hydrogen-bond acceptors (Lipinski definition) is 5. The fraction of sp³-hybridized carbons (Fsp3) is 0.857. The Morgan fingerprint density at radius 1 is 0.821 bits per heavy atom. The molecule has 0 bridgehead atoms. The fourth-order valence-electron chi connectivity index (χ4n) is 3.25. The van der Waals surface area contributed by atoms with Gasteiger partial charge in [0, 0.05) is 0 Å². The molecule has 3 N–H and O–H groups in total. The molecule has 0 amide bonds. The first kappa shape index (κ1) is 26.4. The van der Waals surface area contributed by atoms with Gasteiger partial charge in [-0.2, -0.15) is 0 Å². The number of rotatable bonds is 18. The normalized spacial score (nSPS) is 13.3. The van der Waals surface area contributed by atoms with Crippen molar-refractivity contribution in [2.24, 2.45) is 5.92 Å². The van der Waals surface area contributed by atoms with Crippen LogP contribution in [0.15, 0.2) is 0 Å². The second-order valence-electron chi connectivity index (χ2n) is 7.66. The van der Waals surface area contributed by atoms with E-state index in [2.05, 4.69) is 13.8 Å². The molecule has 0 aliphatic carbocycles. The number of unbranched alkanes of at least 4 members (excludes halogenated alkanes) is 5. The summed E-state index contributed by atoms with van der Waals surface area (Å²) in [5.74, 6) is -3.33. The first-order valence-corrected chi connectivity index (χ1v) is 10.6. The van der Waals surface area contributed by atoms with Gasteiger partial charge in [0.1, 0.15) is 0 Å². The third-order valence-electron chi connectivity index (χ3n) is 4.98. The second kappa shape index (κ2) is 15.3. The molecule has 0 heterocycles. The molecule has 28 heavy (non-hydrogen) atoms. The minimum Gasteiger partial charge on any atom is -0.481 e. The number of hydrogen-bond donors (Lipinski definition) is 3. The zero-order valence-corrected chi connectivity index (χ0v) is 17.5. The fourth-order valence-corrected chi connectivity index (χ4v) is 3.25. The van der Waals surface area contributed by atoms with E-state index in [4.69, 9.17) is 14.9 Å². The molecule has 164 valence electrons. The predicted molar refractivity (Wildman–Crippen MR) is 106 cm³/mol. The van der Waals surface area contributed by atoms with Gasteiger partial charge in [-0.3, -0.25) is 9.59 Å². The Morgan fingerprint density at radius 3 is 1.86 bits per heavy atom. The van der Waals surface area contributed by atoms with Gasteiger partial charge in [0.05, 0.1) is 19.4 Å². The molecule has 0 spiro atoms. The standard InChI is InChI=1S/C21H38O7/c1-3-5-11-17(12-6-4-2)13-9-7-8-10-14-28-19(24)16-21(27,20(25)26)15-18(22)23/h17,27H,3-16H2,1-2H3,(H,22,23)(H,25,26). The smallest absolute Gasteiger partial charge is 0.336 e. The summed E-state index contributed by atoms with van der Waals surface area (Å²) in [6.45, 7) is 4.59. The Labute approximate surface area is 168 Å². The van der Waals surface area contributed by atoms with Crippen LogP contribution in [0, 0.1) is 5.92 Å². The monoisotopic (exact) mass is 402 g/mol. The molecule has 1 atom stereocenters. The number of ether oxygens (including phenoxy) is 1. The van der Waals surface area contributed by atoms with E-state index in [1.165, 1.54) is 44.9 Å². The van der Waals surface area contributed by atoms with Crippen molar-refractivity contribution in [3.63, 3.8) is 0 Å². The van der Waals surface area contributed by atoms with Crippen molar-refractivity contribution in [1.29, 1.82) is 0 Å². The molecule has 0 aromatic rings. The third kappa shape index (κ3) is 12.7. The largest absolute Gasteiger partial charge is 0.481 e. The maximum absolute atomic E-state index is 11.7. The van der Waals surface area contributed by atoms with Crippen molar-refractivity contribution >= 4 is 17.9 Å².